The fourth-order valence-electron chi connectivity index (χ4n) is 3.76. The van der Waals surface area contributed by atoms with Gasteiger partial charge in [0, 0.05) is 24.7 Å². The van der Waals surface area contributed by atoms with Crippen molar-refractivity contribution >= 4 is 40.6 Å². The molecule has 0 saturated heterocycles. The molecule has 174 valence electrons. The van der Waals surface area contributed by atoms with E-state index in [-0.39, 0.29) is 12.6 Å². The Hall–Kier alpha value is -2.97. The topological polar surface area (TPSA) is 81.5 Å². The van der Waals surface area contributed by atoms with Crippen molar-refractivity contribution < 1.29 is 14.3 Å². The van der Waals surface area contributed by atoms with Gasteiger partial charge in [-0.15, -0.1) is 0 Å². The van der Waals surface area contributed by atoms with Crippen LogP contribution >= 0.6 is 23.2 Å². The Morgan fingerprint density at radius 3 is 2.70 bits per heavy atom. The van der Waals surface area contributed by atoms with Crippen LogP contribution in [0.15, 0.2) is 36.4 Å². The lowest BCUT2D eigenvalue weighted by Gasteiger charge is -2.24. The number of ether oxygens (including phenoxy) is 2. The number of benzene rings is 2. The van der Waals surface area contributed by atoms with Gasteiger partial charge in [0.2, 0.25) is 0 Å². The lowest BCUT2D eigenvalue weighted by molar-refractivity contribution is 0.256. The molecule has 0 aliphatic carbocycles. The van der Waals surface area contributed by atoms with Gasteiger partial charge in [0.15, 0.2) is 5.82 Å². The summed E-state index contributed by atoms with van der Waals surface area (Å²) in [6.45, 7) is 1.000. The zero-order valence-corrected chi connectivity index (χ0v) is 20.0. The average Bonchev–Trinajstić information content (AvgIpc) is 3.07. The largest absolute Gasteiger partial charge is 0.497 e. The van der Waals surface area contributed by atoms with Crippen LogP contribution in [0.25, 0.3) is 0 Å². The molecule has 1 aliphatic heterocycles. The van der Waals surface area contributed by atoms with E-state index in [1.54, 1.807) is 50.6 Å². The van der Waals surface area contributed by atoms with Crippen LogP contribution in [0.3, 0.4) is 0 Å². The van der Waals surface area contributed by atoms with Crippen LogP contribution in [0.4, 0.5) is 16.2 Å². The van der Waals surface area contributed by atoms with E-state index in [2.05, 4.69) is 10.4 Å². The maximum absolute atomic E-state index is 13.4. The van der Waals surface area contributed by atoms with Crippen molar-refractivity contribution in [1.29, 1.82) is 0 Å². The second kappa shape index (κ2) is 10.3. The molecule has 0 fully saturated rings. The highest BCUT2D eigenvalue weighted by molar-refractivity contribution is 6.42. The van der Waals surface area contributed by atoms with E-state index in [1.807, 2.05) is 4.68 Å². The lowest BCUT2D eigenvalue weighted by atomic mass is 10.2. The first-order valence-electron chi connectivity index (χ1n) is 10.7. The fourth-order valence-corrected chi connectivity index (χ4v) is 4.06. The van der Waals surface area contributed by atoms with Gasteiger partial charge in [0.05, 0.1) is 36.5 Å². The fraction of sp³-hybridized carbons (Fsp3) is 0.348. The molecule has 0 unspecified atom stereocenters. The van der Waals surface area contributed by atoms with Crippen LogP contribution in [-0.4, -0.2) is 35.0 Å². The van der Waals surface area contributed by atoms with Gasteiger partial charge in [-0.1, -0.05) is 29.6 Å². The van der Waals surface area contributed by atoms with Crippen LogP contribution < -0.4 is 19.7 Å². The molecule has 1 N–H and O–H groups in total. The predicted octanol–water partition coefficient (Wildman–Crippen LogP) is 5.57. The summed E-state index contributed by atoms with van der Waals surface area (Å²) in [7, 11) is 3.12. The molecule has 4 rings (SSSR count). The molecule has 0 spiro atoms. The van der Waals surface area contributed by atoms with Crippen LogP contribution in [0.1, 0.15) is 30.9 Å². The number of amides is 2. The van der Waals surface area contributed by atoms with Gasteiger partial charge in [0.1, 0.15) is 17.3 Å². The average molecular weight is 490 g/mol. The molecular formula is C23H25Cl2N5O3. The van der Waals surface area contributed by atoms with Crippen molar-refractivity contribution in [3.05, 3.63) is 58.1 Å². The quantitative estimate of drug-likeness (QED) is 0.489. The van der Waals surface area contributed by atoms with Crippen LogP contribution in [0, 0.1) is 0 Å². The second-order valence-electron chi connectivity index (χ2n) is 7.66. The summed E-state index contributed by atoms with van der Waals surface area (Å²) in [6.07, 6.45) is 4.21. The summed E-state index contributed by atoms with van der Waals surface area (Å²) in [5.41, 5.74) is 1.07. The number of carbonyl (C=O) groups is 1. The molecule has 0 bridgehead atoms. The number of halogens is 2. The van der Waals surface area contributed by atoms with E-state index in [0.29, 0.717) is 38.7 Å². The number of nitrogens with zero attached hydrogens (tertiary/aromatic N) is 4. The molecular weight excluding hydrogens is 465 g/mol. The number of carbonyl (C=O) groups excluding carboxylic acids is 1. The third-order valence-electron chi connectivity index (χ3n) is 5.46. The number of methoxy groups -OCH3 is 2. The normalized spacial score (nSPS) is 13.1. The molecule has 1 aliphatic rings. The zero-order valence-electron chi connectivity index (χ0n) is 18.5. The predicted molar refractivity (Wildman–Crippen MR) is 129 cm³/mol. The summed E-state index contributed by atoms with van der Waals surface area (Å²) in [4.78, 5) is 19.7. The Kier molecular flexibility index (Phi) is 7.25. The zero-order chi connectivity index (χ0) is 23.4. The minimum atomic E-state index is -0.387. The molecule has 2 heterocycles. The summed E-state index contributed by atoms with van der Waals surface area (Å²) in [5, 5.41) is 8.29. The standard InChI is InChI=1S/C23H25Cl2N5O3/c1-32-16-8-10-19(20(13-16)33-2)29(23(31)26-15-7-9-17(24)18(25)12-15)14-21-27-22-6-4-3-5-11-30(22)28-21/h7-10,12-13H,3-6,11,14H2,1-2H3,(H,26,31). The highest BCUT2D eigenvalue weighted by Crippen LogP contribution is 2.34. The van der Waals surface area contributed by atoms with Crippen molar-refractivity contribution in [2.24, 2.45) is 0 Å². The number of aryl methyl sites for hydroxylation is 2. The van der Waals surface area contributed by atoms with E-state index in [4.69, 9.17) is 37.7 Å². The Balaban J connectivity index is 1.67. The molecule has 1 aromatic heterocycles. The SMILES string of the molecule is COc1ccc(N(Cc2nc3n(n2)CCCCC3)C(=O)Nc2ccc(Cl)c(Cl)c2)c(OC)c1. The van der Waals surface area contributed by atoms with E-state index in [1.165, 1.54) is 11.3 Å². The highest BCUT2D eigenvalue weighted by atomic mass is 35.5. The van der Waals surface area contributed by atoms with E-state index in [9.17, 15) is 4.79 Å². The van der Waals surface area contributed by atoms with Crippen LogP contribution in [0.2, 0.25) is 10.0 Å². The first-order valence-corrected chi connectivity index (χ1v) is 11.4. The summed E-state index contributed by atoms with van der Waals surface area (Å²) >= 11 is 12.1. The van der Waals surface area contributed by atoms with Crippen molar-refractivity contribution in [2.75, 3.05) is 24.4 Å². The van der Waals surface area contributed by atoms with Crippen molar-refractivity contribution in [1.82, 2.24) is 14.8 Å². The van der Waals surface area contributed by atoms with Gasteiger partial charge >= 0.3 is 6.03 Å². The van der Waals surface area contributed by atoms with Crippen molar-refractivity contribution in [2.45, 2.75) is 38.8 Å². The third-order valence-corrected chi connectivity index (χ3v) is 6.19. The molecule has 0 atom stereocenters. The van der Waals surface area contributed by atoms with Gasteiger partial charge in [-0.2, -0.15) is 5.10 Å². The molecule has 3 aromatic rings. The maximum Gasteiger partial charge on any atom is 0.326 e. The van der Waals surface area contributed by atoms with Gasteiger partial charge in [-0.05, 0) is 43.2 Å². The van der Waals surface area contributed by atoms with Gasteiger partial charge in [-0.25, -0.2) is 14.5 Å². The monoisotopic (exact) mass is 489 g/mol. The van der Waals surface area contributed by atoms with E-state index >= 15 is 0 Å². The van der Waals surface area contributed by atoms with Crippen LogP contribution in [-0.2, 0) is 19.5 Å². The molecule has 0 radical (unpaired) electrons. The number of urea groups is 1. The number of hydrogen-bond donors (Lipinski definition) is 1. The smallest absolute Gasteiger partial charge is 0.326 e. The Labute approximate surface area is 202 Å². The Morgan fingerprint density at radius 1 is 1.09 bits per heavy atom. The lowest BCUT2D eigenvalue weighted by Crippen LogP contribution is -2.35. The Morgan fingerprint density at radius 2 is 1.94 bits per heavy atom. The summed E-state index contributed by atoms with van der Waals surface area (Å²) in [6, 6.07) is 9.80. The molecule has 10 heteroatoms. The second-order valence-corrected chi connectivity index (χ2v) is 8.48. The molecule has 8 nitrogen and oxygen atoms in total. The molecule has 2 amide bonds. The third kappa shape index (κ3) is 5.34. The first kappa shape index (κ1) is 23.2. The number of anilines is 2. The van der Waals surface area contributed by atoms with Gasteiger partial charge in [-0.3, -0.25) is 4.90 Å². The number of fused-ring (bicyclic) bond motifs is 1. The minimum Gasteiger partial charge on any atom is -0.497 e. The highest BCUT2D eigenvalue weighted by Gasteiger charge is 2.24. The molecule has 33 heavy (non-hydrogen) atoms. The number of hydrogen-bond acceptors (Lipinski definition) is 5. The van der Waals surface area contributed by atoms with Gasteiger partial charge in [0.25, 0.3) is 0 Å². The minimum absolute atomic E-state index is 0.163. The van der Waals surface area contributed by atoms with Crippen LogP contribution in [0.5, 0.6) is 11.5 Å². The Bertz CT molecular complexity index is 1130. The van der Waals surface area contributed by atoms with Gasteiger partial charge < -0.3 is 14.8 Å². The number of rotatable bonds is 6. The van der Waals surface area contributed by atoms with E-state index in [0.717, 1.165) is 31.6 Å². The number of aromatic nitrogens is 3. The molecule has 0 saturated carbocycles. The molecule has 2 aromatic carbocycles. The summed E-state index contributed by atoms with van der Waals surface area (Å²) in [5.74, 6) is 2.62. The summed E-state index contributed by atoms with van der Waals surface area (Å²) < 4.78 is 12.8. The van der Waals surface area contributed by atoms with E-state index < -0.39 is 0 Å². The van der Waals surface area contributed by atoms with Crippen molar-refractivity contribution in [3.63, 3.8) is 0 Å². The number of nitrogens with one attached hydrogen (secondary N) is 1. The van der Waals surface area contributed by atoms with Crippen molar-refractivity contribution in [3.8, 4) is 11.5 Å². The maximum atomic E-state index is 13.4. The first-order chi connectivity index (χ1) is 16.0.